The molecule has 3 heterocycles. The van der Waals surface area contributed by atoms with Crippen molar-refractivity contribution < 1.29 is 13.9 Å². The minimum atomic E-state index is -0.295. The van der Waals surface area contributed by atoms with E-state index in [1.54, 1.807) is 19.2 Å². The highest BCUT2D eigenvalue weighted by Gasteiger charge is 2.15. The topological polar surface area (TPSA) is 87.1 Å². The number of hydrogen-bond donors (Lipinski definition) is 1. The van der Waals surface area contributed by atoms with Crippen molar-refractivity contribution >= 4 is 22.6 Å². The number of imidazole rings is 1. The van der Waals surface area contributed by atoms with E-state index in [-0.39, 0.29) is 11.7 Å². The summed E-state index contributed by atoms with van der Waals surface area (Å²) in [7, 11) is 1.68. The summed E-state index contributed by atoms with van der Waals surface area (Å²) in [5.41, 5.74) is 4.50. The number of carbonyl (C=O) groups excluding carboxylic acids is 1. The second-order valence-corrected chi connectivity index (χ2v) is 6.89. The largest absolute Gasteiger partial charge is 0.459 e. The molecule has 1 aromatic carbocycles. The molecule has 0 spiro atoms. The van der Waals surface area contributed by atoms with Crippen molar-refractivity contribution in [1.29, 1.82) is 0 Å². The number of hydrogen-bond acceptors (Lipinski definition) is 5. The minimum Gasteiger partial charge on any atom is -0.459 e. The van der Waals surface area contributed by atoms with E-state index in [2.05, 4.69) is 15.0 Å². The zero-order valence-electron chi connectivity index (χ0n) is 16.7. The monoisotopic (exact) mass is 393 g/mol. The number of nitrogens with one attached hydrogen (secondary N) is 1. The van der Waals surface area contributed by atoms with Crippen molar-refractivity contribution in [3.05, 3.63) is 65.6 Å². The quantitative estimate of drug-likeness (QED) is 0.520. The number of carbonyl (C=O) groups is 1. The van der Waals surface area contributed by atoms with Gasteiger partial charge in [-0.3, -0.25) is 9.48 Å². The summed E-state index contributed by atoms with van der Waals surface area (Å²) in [5.74, 6) is 0.856. The first kappa shape index (κ1) is 18.9. The predicted molar refractivity (Wildman–Crippen MR) is 109 cm³/mol. The van der Waals surface area contributed by atoms with Gasteiger partial charge >= 0.3 is 0 Å². The summed E-state index contributed by atoms with van der Waals surface area (Å²) in [6, 6.07) is 11.0. The summed E-state index contributed by atoms with van der Waals surface area (Å²) >= 11 is 0. The molecule has 0 saturated carbocycles. The van der Waals surface area contributed by atoms with E-state index in [1.807, 2.05) is 42.8 Å². The number of methoxy groups -OCH3 is 1. The van der Waals surface area contributed by atoms with Crippen LogP contribution in [0.1, 0.15) is 27.8 Å². The Morgan fingerprint density at radius 2 is 2.10 bits per heavy atom. The van der Waals surface area contributed by atoms with Crippen LogP contribution in [0, 0.1) is 13.8 Å². The Labute approximate surface area is 168 Å². The number of aryl methyl sites for hydroxylation is 2. The van der Waals surface area contributed by atoms with Gasteiger partial charge in [-0.25, -0.2) is 4.98 Å². The fraction of sp³-hybridized carbons (Fsp3) is 0.286. The molecule has 29 heavy (non-hydrogen) atoms. The van der Waals surface area contributed by atoms with Crippen molar-refractivity contribution in [2.45, 2.75) is 26.9 Å². The zero-order valence-corrected chi connectivity index (χ0v) is 16.7. The fourth-order valence-corrected chi connectivity index (χ4v) is 3.38. The van der Waals surface area contributed by atoms with E-state index in [1.165, 1.54) is 6.26 Å². The average molecular weight is 393 g/mol. The van der Waals surface area contributed by atoms with Crippen LogP contribution in [0.5, 0.6) is 0 Å². The van der Waals surface area contributed by atoms with Crippen LogP contribution in [0.4, 0.5) is 5.69 Å². The van der Waals surface area contributed by atoms with Gasteiger partial charge in [-0.15, -0.1) is 0 Å². The molecular weight excluding hydrogens is 370 g/mol. The molecule has 1 amide bonds. The van der Waals surface area contributed by atoms with Gasteiger partial charge in [0.1, 0.15) is 5.82 Å². The van der Waals surface area contributed by atoms with Crippen LogP contribution < -0.4 is 5.32 Å². The molecule has 8 nitrogen and oxygen atoms in total. The normalized spacial score (nSPS) is 11.3. The van der Waals surface area contributed by atoms with E-state index >= 15 is 0 Å². The number of ether oxygens (including phenoxy) is 1. The van der Waals surface area contributed by atoms with Crippen LogP contribution in [-0.4, -0.2) is 39.0 Å². The standard InChI is InChI=1S/C21H23N5O3/c1-14-11-15(2)26(24-14)13-20-23-17-12-16(22-21(27)19-5-4-9-29-19)6-7-18(17)25(20)8-10-28-3/h4-7,9,11-12H,8,10,13H2,1-3H3,(H,22,27). The van der Waals surface area contributed by atoms with Gasteiger partial charge in [-0.2, -0.15) is 5.10 Å². The molecule has 0 atom stereocenters. The number of nitrogens with zero attached hydrogens (tertiary/aromatic N) is 4. The summed E-state index contributed by atoms with van der Waals surface area (Å²) in [6.07, 6.45) is 1.47. The van der Waals surface area contributed by atoms with Crippen LogP contribution in [0.25, 0.3) is 11.0 Å². The van der Waals surface area contributed by atoms with Crippen molar-refractivity contribution in [3.63, 3.8) is 0 Å². The number of furan rings is 1. The lowest BCUT2D eigenvalue weighted by atomic mass is 10.2. The molecular formula is C21H23N5O3. The Morgan fingerprint density at radius 1 is 1.24 bits per heavy atom. The maximum atomic E-state index is 12.2. The molecule has 1 N–H and O–H groups in total. The first-order chi connectivity index (χ1) is 14.0. The van der Waals surface area contributed by atoms with Gasteiger partial charge < -0.3 is 19.0 Å². The summed E-state index contributed by atoms with van der Waals surface area (Å²) < 4.78 is 14.5. The molecule has 0 saturated heterocycles. The average Bonchev–Trinajstić information content (AvgIpc) is 3.40. The molecule has 4 aromatic rings. The van der Waals surface area contributed by atoms with Gasteiger partial charge in [-0.05, 0) is 50.2 Å². The first-order valence-corrected chi connectivity index (χ1v) is 9.39. The van der Waals surface area contributed by atoms with E-state index in [0.29, 0.717) is 25.4 Å². The van der Waals surface area contributed by atoms with Crippen molar-refractivity contribution in [2.24, 2.45) is 0 Å². The van der Waals surface area contributed by atoms with Gasteiger partial charge in [0.2, 0.25) is 0 Å². The molecule has 0 aliphatic rings. The molecule has 0 radical (unpaired) electrons. The summed E-state index contributed by atoms with van der Waals surface area (Å²) in [4.78, 5) is 17.1. The highest BCUT2D eigenvalue weighted by atomic mass is 16.5. The molecule has 4 rings (SSSR count). The van der Waals surface area contributed by atoms with E-state index in [4.69, 9.17) is 14.1 Å². The predicted octanol–water partition coefficient (Wildman–Crippen LogP) is 3.39. The highest BCUT2D eigenvalue weighted by Crippen LogP contribution is 2.22. The van der Waals surface area contributed by atoms with Crippen LogP contribution in [-0.2, 0) is 17.8 Å². The van der Waals surface area contributed by atoms with Crippen molar-refractivity contribution in [2.75, 3.05) is 19.0 Å². The molecule has 0 unspecified atom stereocenters. The number of aromatic nitrogens is 4. The minimum absolute atomic E-state index is 0.265. The van der Waals surface area contributed by atoms with E-state index < -0.39 is 0 Å². The summed E-state index contributed by atoms with van der Waals surface area (Å²) in [6.45, 7) is 5.83. The highest BCUT2D eigenvalue weighted by molar-refractivity contribution is 6.03. The van der Waals surface area contributed by atoms with Crippen LogP contribution in [0.2, 0.25) is 0 Å². The molecule has 0 aliphatic heterocycles. The molecule has 0 bridgehead atoms. The van der Waals surface area contributed by atoms with Gasteiger partial charge in [0.25, 0.3) is 5.91 Å². The van der Waals surface area contributed by atoms with Crippen LogP contribution >= 0.6 is 0 Å². The van der Waals surface area contributed by atoms with Crippen molar-refractivity contribution in [3.8, 4) is 0 Å². The van der Waals surface area contributed by atoms with Gasteiger partial charge in [0, 0.05) is 25.0 Å². The lowest BCUT2D eigenvalue weighted by Crippen LogP contribution is -2.13. The SMILES string of the molecule is COCCn1c(Cn2nc(C)cc2C)nc2cc(NC(=O)c3ccco3)ccc21. The fourth-order valence-electron chi connectivity index (χ4n) is 3.38. The van der Waals surface area contributed by atoms with Gasteiger partial charge in [-0.1, -0.05) is 0 Å². The molecule has 0 aliphatic carbocycles. The Hall–Kier alpha value is -3.39. The van der Waals surface area contributed by atoms with Crippen molar-refractivity contribution in [1.82, 2.24) is 19.3 Å². The van der Waals surface area contributed by atoms with Crippen LogP contribution in [0.15, 0.2) is 47.1 Å². The van der Waals surface area contributed by atoms with E-state index in [0.717, 1.165) is 28.2 Å². The third-order valence-electron chi connectivity index (χ3n) is 4.74. The third kappa shape index (κ3) is 3.93. The number of amides is 1. The molecule has 3 aromatic heterocycles. The lowest BCUT2D eigenvalue weighted by molar-refractivity contribution is 0.0996. The van der Waals surface area contributed by atoms with Crippen LogP contribution in [0.3, 0.4) is 0 Å². The van der Waals surface area contributed by atoms with Gasteiger partial charge in [0.05, 0.1) is 36.1 Å². The zero-order chi connectivity index (χ0) is 20.4. The maximum Gasteiger partial charge on any atom is 0.291 e. The third-order valence-corrected chi connectivity index (χ3v) is 4.74. The smallest absolute Gasteiger partial charge is 0.291 e. The maximum absolute atomic E-state index is 12.2. The first-order valence-electron chi connectivity index (χ1n) is 9.39. The second-order valence-electron chi connectivity index (χ2n) is 6.89. The Kier molecular flexibility index (Phi) is 5.18. The Bertz CT molecular complexity index is 1140. The Balaban J connectivity index is 1.67. The number of fused-ring (bicyclic) bond motifs is 1. The molecule has 150 valence electrons. The number of anilines is 1. The molecule has 0 fully saturated rings. The number of benzene rings is 1. The van der Waals surface area contributed by atoms with Gasteiger partial charge in [0.15, 0.2) is 5.76 Å². The lowest BCUT2D eigenvalue weighted by Gasteiger charge is -2.10. The second kappa shape index (κ2) is 7.92. The van der Waals surface area contributed by atoms with E-state index in [9.17, 15) is 4.79 Å². The molecule has 8 heteroatoms. The Morgan fingerprint density at radius 3 is 2.79 bits per heavy atom. The number of rotatable bonds is 7. The summed E-state index contributed by atoms with van der Waals surface area (Å²) in [5, 5.41) is 7.39.